The van der Waals surface area contributed by atoms with E-state index in [4.69, 9.17) is 4.74 Å². The van der Waals surface area contributed by atoms with Gasteiger partial charge in [0.1, 0.15) is 8.24 Å². The monoisotopic (exact) mass is 251 g/mol. The molecule has 0 saturated heterocycles. The van der Waals surface area contributed by atoms with Crippen LogP contribution in [-0.4, -0.2) is 20.8 Å². The summed E-state index contributed by atoms with van der Waals surface area (Å²) in [5.41, 5.74) is 1.68. The minimum absolute atomic E-state index is 0.244. The van der Waals surface area contributed by atoms with Crippen LogP contribution in [0.2, 0.25) is 19.6 Å². The van der Waals surface area contributed by atoms with E-state index >= 15 is 0 Å². The summed E-state index contributed by atoms with van der Waals surface area (Å²) in [5, 5.41) is 0. The van der Waals surface area contributed by atoms with Crippen molar-refractivity contribution in [2.24, 2.45) is 0 Å². The molecular weight excluding hydrogens is 230 g/mol. The van der Waals surface area contributed by atoms with E-state index in [1.165, 1.54) is 0 Å². The van der Waals surface area contributed by atoms with Gasteiger partial charge < -0.3 is 9.72 Å². The fourth-order valence-corrected chi connectivity index (χ4v) is 2.43. The van der Waals surface area contributed by atoms with Crippen molar-refractivity contribution in [2.75, 3.05) is 11.6 Å². The molecule has 1 rings (SSSR count). The number of ether oxygens (including phenoxy) is 1. The molecule has 0 saturated carbocycles. The van der Waals surface area contributed by atoms with Crippen molar-refractivity contribution in [3.8, 4) is 0 Å². The number of nitrogens with one attached hydrogen (secondary N) is 1. The number of carbonyl (C=O) groups excluding carboxylic acids is 1. The molecule has 0 aliphatic carbocycles. The van der Waals surface area contributed by atoms with Crippen molar-refractivity contribution >= 4 is 19.9 Å². The van der Waals surface area contributed by atoms with Crippen LogP contribution < -0.4 is 4.98 Å². The molecule has 0 spiro atoms. The first-order valence-corrected chi connectivity index (χ1v) is 9.48. The molecule has 0 unspecified atom stereocenters. The van der Waals surface area contributed by atoms with E-state index in [0.29, 0.717) is 12.2 Å². The maximum Gasteiger partial charge on any atom is 0.338 e. The highest BCUT2D eigenvalue weighted by Gasteiger charge is 2.13. The zero-order chi connectivity index (χ0) is 12.9. The van der Waals surface area contributed by atoms with E-state index in [2.05, 4.69) is 24.6 Å². The normalized spacial score (nSPS) is 11.1. The molecule has 0 bridgehead atoms. The number of carbonyl (C=O) groups is 1. The van der Waals surface area contributed by atoms with Gasteiger partial charge in [0, 0.05) is 5.69 Å². The maximum absolute atomic E-state index is 11.6. The topological polar surface area (TPSA) is 38.3 Å². The minimum atomic E-state index is -1.33. The summed E-state index contributed by atoms with van der Waals surface area (Å²) in [7, 11) is -1.33. The maximum atomic E-state index is 11.6. The summed E-state index contributed by atoms with van der Waals surface area (Å²) >= 11 is 0. The second kappa shape index (κ2) is 5.86. The van der Waals surface area contributed by atoms with Crippen LogP contribution in [0.25, 0.3) is 0 Å². The molecule has 0 fully saturated rings. The first-order chi connectivity index (χ1) is 7.92. The molecule has 3 nitrogen and oxygen atoms in total. The Hall–Kier alpha value is -1.29. The number of anilines is 1. The Morgan fingerprint density at radius 1 is 1.24 bits per heavy atom. The lowest BCUT2D eigenvalue weighted by Gasteiger charge is -2.19. The molecule has 94 valence electrons. The van der Waals surface area contributed by atoms with E-state index in [1.807, 2.05) is 19.1 Å². The second-order valence-electron chi connectivity index (χ2n) is 5.09. The van der Waals surface area contributed by atoms with Gasteiger partial charge >= 0.3 is 5.97 Å². The molecule has 4 heteroatoms. The highest BCUT2D eigenvalue weighted by atomic mass is 28.3. The third kappa shape index (κ3) is 5.04. The van der Waals surface area contributed by atoms with E-state index in [0.717, 1.165) is 12.1 Å². The summed E-state index contributed by atoms with van der Waals surface area (Å²) in [4.78, 5) is 15.0. The van der Waals surface area contributed by atoms with E-state index in [9.17, 15) is 4.79 Å². The Balaban J connectivity index is 2.64. The van der Waals surface area contributed by atoms with Crippen molar-refractivity contribution in [3.05, 3.63) is 29.8 Å². The first kappa shape index (κ1) is 13.8. The Bertz CT molecular complexity index is 368. The number of hydrogen-bond donors (Lipinski definition) is 1. The number of rotatable bonds is 5. The van der Waals surface area contributed by atoms with Crippen molar-refractivity contribution in [1.82, 2.24) is 0 Å². The average Bonchev–Trinajstić information content (AvgIpc) is 2.24. The van der Waals surface area contributed by atoms with Gasteiger partial charge in [0.25, 0.3) is 0 Å². The standard InChI is InChI=1S/C13H21NO2Si/c1-5-10-16-13(15)11-6-8-12(9-7-11)14-17(2,3)4/h6-9,14H,5,10H2,1-4H3. The van der Waals surface area contributed by atoms with Gasteiger partial charge in [-0.1, -0.05) is 26.6 Å². The van der Waals surface area contributed by atoms with Crippen LogP contribution in [0.3, 0.4) is 0 Å². The quantitative estimate of drug-likeness (QED) is 0.643. The van der Waals surface area contributed by atoms with Gasteiger partial charge in [-0.25, -0.2) is 4.79 Å². The average molecular weight is 251 g/mol. The molecule has 0 radical (unpaired) electrons. The Morgan fingerprint density at radius 3 is 2.29 bits per heavy atom. The molecule has 0 heterocycles. The van der Waals surface area contributed by atoms with Gasteiger partial charge in [0.15, 0.2) is 0 Å². The van der Waals surface area contributed by atoms with Crippen molar-refractivity contribution < 1.29 is 9.53 Å². The number of hydrogen-bond acceptors (Lipinski definition) is 3. The largest absolute Gasteiger partial charge is 0.462 e. The lowest BCUT2D eigenvalue weighted by molar-refractivity contribution is 0.0505. The van der Waals surface area contributed by atoms with Crippen LogP contribution in [0.4, 0.5) is 5.69 Å². The third-order valence-electron chi connectivity index (χ3n) is 2.08. The zero-order valence-corrected chi connectivity index (χ0v) is 12.0. The van der Waals surface area contributed by atoms with Crippen LogP contribution in [0.1, 0.15) is 23.7 Å². The fourth-order valence-electron chi connectivity index (χ4n) is 1.40. The Labute approximate surface area is 104 Å². The smallest absolute Gasteiger partial charge is 0.338 e. The van der Waals surface area contributed by atoms with Gasteiger partial charge in [0.05, 0.1) is 12.2 Å². The minimum Gasteiger partial charge on any atom is -0.462 e. The molecule has 1 N–H and O–H groups in total. The lowest BCUT2D eigenvalue weighted by Crippen LogP contribution is -2.32. The highest BCUT2D eigenvalue weighted by Crippen LogP contribution is 2.14. The van der Waals surface area contributed by atoms with Crippen molar-refractivity contribution in [2.45, 2.75) is 33.0 Å². The van der Waals surface area contributed by atoms with Crippen molar-refractivity contribution in [1.29, 1.82) is 0 Å². The molecule has 0 aliphatic rings. The van der Waals surface area contributed by atoms with Crippen molar-refractivity contribution in [3.63, 3.8) is 0 Å². The third-order valence-corrected chi connectivity index (χ3v) is 3.12. The molecule has 0 aliphatic heterocycles. The summed E-state index contributed by atoms with van der Waals surface area (Å²) in [6.07, 6.45) is 0.848. The molecule has 0 aromatic heterocycles. The van der Waals surface area contributed by atoms with Crippen LogP contribution in [0, 0.1) is 0 Å². The summed E-state index contributed by atoms with van der Waals surface area (Å²) in [6, 6.07) is 7.47. The number of benzene rings is 1. The van der Waals surface area contributed by atoms with Gasteiger partial charge in [-0.05, 0) is 30.7 Å². The van der Waals surface area contributed by atoms with E-state index in [-0.39, 0.29) is 5.97 Å². The van der Waals surface area contributed by atoms with Crippen LogP contribution in [0.15, 0.2) is 24.3 Å². The summed E-state index contributed by atoms with van der Waals surface area (Å²) in [6.45, 7) is 9.16. The Kier molecular flexibility index (Phi) is 4.75. The molecule has 0 amide bonds. The Morgan fingerprint density at radius 2 is 1.82 bits per heavy atom. The van der Waals surface area contributed by atoms with Crippen LogP contribution in [0.5, 0.6) is 0 Å². The zero-order valence-electron chi connectivity index (χ0n) is 11.0. The predicted molar refractivity (Wildman–Crippen MR) is 74.0 cm³/mol. The second-order valence-corrected chi connectivity index (χ2v) is 9.84. The summed E-state index contributed by atoms with van der Waals surface area (Å²) < 4.78 is 5.07. The first-order valence-electron chi connectivity index (χ1n) is 5.98. The predicted octanol–water partition coefficient (Wildman–Crippen LogP) is 3.50. The van der Waals surface area contributed by atoms with Gasteiger partial charge in [-0.15, -0.1) is 0 Å². The van der Waals surface area contributed by atoms with E-state index in [1.54, 1.807) is 12.1 Å². The summed E-state index contributed by atoms with van der Waals surface area (Å²) in [5.74, 6) is -0.244. The van der Waals surface area contributed by atoms with Crippen LogP contribution >= 0.6 is 0 Å². The number of esters is 1. The lowest BCUT2D eigenvalue weighted by atomic mass is 10.2. The van der Waals surface area contributed by atoms with Gasteiger partial charge in [0.2, 0.25) is 0 Å². The molecule has 1 aromatic carbocycles. The molecule has 17 heavy (non-hydrogen) atoms. The molecular formula is C13H21NO2Si. The molecule has 1 aromatic rings. The fraction of sp³-hybridized carbons (Fsp3) is 0.462. The van der Waals surface area contributed by atoms with E-state index < -0.39 is 8.24 Å². The SMILES string of the molecule is CCCOC(=O)c1ccc(N[Si](C)(C)C)cc1. The molecule has 0 atom stereocenters. The highest BCUT2D eigenvalue weighted by molar-refractivity contribution is 6.79. The van der Waals surface area contributed by atoms with Gasteiger partial charge in [-0.2, -0.15) is 0 Å². The van der Waals surface area contributed by atoms with Gasteiger partial charge in [-0.3, -0.25) is 0 Å². The van der Waals surface area contributed by atoms with Crippen LogP contribution in [-0.2, 0) is 4.74 Å².